The second-order valence-electron chi connectivity index (χ2n) is 6.89. The number of ketones is 2. The number of hydrogen-bond acceptors (Lipinski definition) is 5. The summed E-state index contributed by atoms with van der Waals surface area (Å²) in [6.45, 7) is 7.22. The first-order valence-electron chi connectivity index (χ1n) is 6.94. The van der Waals surface area contributed by atoms with Crippen LogP contribution in [0, 0.1) is 0 Å². The minimum absolute atomic E-state index is 0.0877. The number of carbonyl (C=O) groups is 2. The van der Waals surface area contributed by atoms with Crippen LogP contribution in [0.15, 0.2) is 6.07 Å². The maximum atomic E-state index is 12.2. The number of Topliss-reactive ketones (excluding diaryl/α,β-unsaturated/α-hetero) is 2. The molecule has 0 atom stereocenters. The number of rotatable bonds is 0. The average molecular weight is 290 g/mol. The lowest BCUT2D eigenvalue weighted by Crippen LogP contribution is -2.38. The van der Waals surface area contributed by atoms with Gasteiger partial charge in [0, 0.05) is 6.07 Å². The summed E-state index contributed by atoms with van der Waals surface area (Å²) in [5.41, 5.74) is -1.10. The molecule has 0 bridgehead atoms. The van der Waals surface area contributed by atoms with Gasteiger partial charge in [-0.05, 0) is 27.7 Å². The standard InChI is InChI=1S/C16H18O5/c1-15(2)6-8(17)12-10(20-15)5-11-13(14(12)19)9(18)7-16(3,4)21-11/h5,19H,6-7H2,1-4H3. The van der Waals surface area contributed by atoms with Crippen LogP contribution in [0.2, 0.25) is 0 Å². The summed E-state index contributed by atoms with van der Waals surface area (Å²) in [4.78, 5) is 24.5. The van der Waals surface area contributed by atoms with Gasteiger partial charge in [0.25, 0.3) is 0 Å². The van der Waals surface area contributed by atoms with E-state index in [0.29, 0.717) is 0 Å². The van der Waals surface area contributed by atoms with Gasteiger partial charge in [-0.1, -0.05) is 0 Å². The number of fused-ring (bicyclic) bond motifs is 2. The quantitative estimate of drug-likeness (QED) is 0.795. The maximum absolute atomic E-state index is 12.2. The van der Waals surface area contributed by atoms with Gasteiger partial charge in [0.05, 0.1) is 12.8 Å². The Kier molecular flexibility index (Phi) is 2.65. The number of benzene rings is 1. The van der Waals surface area contributed by atoms with Gasteiger partial charge in [-0.15, -0.1) is 0 Å². The summed E-state index contributed by atoms with van der Waals surface area (Å²) in [5, 5.41) is 10.4. The van der Waals surface area contributed by atoms with Gasteiger partial charge < -0.3 is 14.6 Å². The van der Waals surface area contributed by atoms with Gasteiger partial charge in [0.15, 0.2) is 11.6 Å². The molecule has 0 amide bonds. The third-order valence-corrected chi connectivity index (χ3v) is 3.73. The van der Waals surface area contributed by atoms with E-state index in [0.717, 1.165) is 0 Å². The van der Waals surface area contributed by atoms with Crippen LogP contribution in [0.3, 0.4) is 0 Å². The first kappa shape index (κ1) is 13.9. The molecule has 5 nitrogen and oxygen atoms in total. The maximum Gasteiger partial charge on any atom is 0.174 e. The lowest BCUT2D eigenvalue weighted by atomic mass is 9.87. The summed E-state index contributed by atoms with van der Waals surface area (Å²) in [7, 11) is 0. The minimum Gasteiger partial charge on any atom is -0.506 e. The molecule has 1 aromatic carbocycles. The van der Waals surface area contributed by atoms with Gasteiger partial charge in [-0.2, -0.15) is 0 Å². The Morgan fingerprint density at radius 2 is 1.29 bits per heavy atom. The first-order valence-corrected chi connectivity index (χ1v) is 6.94. The molecule has 0 saturated heterocycles. The fraction of sp³-hybridized carbons (Fsp3) is 0.500. The molecule has 0 spiro atoms. The van der Waals surface area contributed by atoms with Crippen LogP contribution in [-0.4, -0.2) is 27.9 Å². The molecule has 112 valence electrons. The molecule has 1 aromatic rings. The van der Waals surface area contributed by atoms with Crippen molar-refractivity contribution in [1.29, 1.82) is 0 Å². The van der Waals surface area contributed by atoms with Crippen LogP contribution in [-0.2, 0) is 0 Å². The number of carbonyl (C=O) groups excluding carboxylic acids is 2. The first-order chi connectivity index (χ1) is 9.60. The van der Waals surface area contributed by atoms with Crippen molar-refractivity contribution >= 4 is 11.6 Å². The Bertz CT molecular complexity index is 615. The Hall–Kier alpha value is -2.04. The average Bonchev–Trinajstić information content (AvgIpc) is 2.22. The highest BCUT2D eigenvalue weighted by molar-refractivity contribution is 6.10. The van der Waals surface area contributed by atoms with E-state index in [4.69, 9.17) is 9.47 Å². The van der Waals surface area contributed by atoms with Crippen molar-refractivity contribution in [2.24, 2.45) is 0 Å². The number of ether oxygens (including phenoxy) is 2. The van der Waals surface area contributed by atoms with Gasteiger partial charge in [0.2, 0.25) is 0 Å². The number of phenols is 1. The molecule has 2 heterocycles. The van der Waals surface area contributed by atoms with Crippen molar-refractivity contribution in [1.82, 2.24) is 0 Å². The molecule has 0 radical (unpaired) electrons. The highest BCUT2D eigenvalue weighted by Crippen LogP contribution is 2.47. The molecule has 0 aliphatic carbocycles. The highest BCUT2D eigenvalue weighted by Gasteiger charge is 2.41. The van der Waals surface area contributed by atoms with E-state index in [-0.39, 0.29) is 52.8 Å². The van der Waals surface area contributed by atoms with Crippen molar-refractivity contribution in [2.75, 3.05) is 0 Å². The summed E-state index contributed by atoms with van der Waals surface area (Å²) in [6, 6.07) is 1.54. The van der Waals surface area contributed by atoms with Crippen molar-refractivity contribution in [3.63, 3.8) is 0 Å². The molecule has 21 heavy (non-hydrogen) atoms. The summed E-state index contributed by atoms with van der Waals surface area (Å²) in [6.07, 6.45) is 0.319. The molecule has 0 aromatic heterocycles. The summed E-state index contributed by atoms with van der Waals surface area (Å²) >= 11 is 0. The molecule has 2 aliphatic rings. The molecule has 1 N–H and O–H groups in total. The van der Waals surface area contributed by atoms with Gasteiger partial charge in [0.1, 0.15) is 39.6 Å². The van der Waals surface area contributed by atoms with Crippen LogP contribution in [0.25, 0.3) is 0 Å². The molecule has 3 rings (SSSR count). The SMILES string of the molecule is CC1(C)CC(=O)c2c(cc3c(c2O)C(=O)CC(C)(C)O3)O1. The largest absolute Gasteiger partial charge is 0.506 e. The predicted octanol–water partition coefficient (Wildman–Crippen LogP) is 2.88. The fourth-order valence-corrected chi connectivity index (χ4v) is 2.94. The van der Waals surface area contributed by atoms with Crippen molar-refractivity contribution in [2.45, 2.75) is 51.7 Å². The Balaban J connectivity index is 2.22. The lowest BCUT2D eigenvalue weighted by Gasteiger charge is -2.36. The lowest BCUT2D eigenvalue weighted by molar-refractivity contribution is 0.0562. The zero-order valence-corrected chi connectivity index (χ0v) is 12.6. The smallest absolute Gasteiger partial charge is 0.174 e. The Morgan fingerprint density at radius 3 is 1.67 bits per heavy atom. The molecule has 0 unspecified atom stereocenters. The topological polar surface area (TPSA) is 72.8 Å². The second-order valence-corrected chi connectivity index (χ2v) is 6.89. The van der Waals surface area contributed by atoms with Gasteiger partial charge in [-0.3, -0.25) is 9.59 Å². The van der Waals surface area contributed by atoms with Gasteiger partial charge in [-0.25, -0.2) is 0 Å². The molecule has 2 aliphatic heterocycles. The van der Waals surface area contributed by atoms with Gasteiger partial charge >= 0.3 is 0 Å². The molecule has 0 fully saturated rings. The van der Waals surface area contributed by atoms with Crippen LogP contribution >= 0.6 is 0 Å². The van der Waals surface area contributed by atoms with Crippen LogP contribution < -0.4 is 9.47 Å². The summed E-state index contributed by atoms with van der Waals surface area (Å²) < 4.78 is 11.5. The summed E-state index contributed by atoms with van der Waals surface area (Å²) in [5.74, 6) is -0.210. The van der Waals surface area contributed by atoms with Crippen molar-refractivity contribution in [3.8, 4) is 17.2 Å². The van der Waals surface area contributed by atoms with E-state index in [2.05, 4.69) is 0 Å². The van der Waals surface area contributed by atoms with E-state index >= 15 is 0 Å². The fourth-order valence-electron chi connectivity index (χ4n) is 2.94. The van der Waals surface area contributed by atoms with Crippen LogP contribution in [0.4, 0.5) is 0 Å². The van der Waals surface area contributed by atoms with Crippen molar-refractivity contribution < 1.29 is 24.2 Å². The van der Waals surface area contributed by atoms with E-state index in [9.17, 15) is 14.7 Å². The zero-order valence-electron chi connectivity index (χ0n) is 12.6. The molecular formula is C16H18O5. The molecular weight excluding hydrogens is 272 g/mol. The molecule has 5 heteroatoms. The van der Waals surface area contributed by atoms with Crippen molar-refractivity contribution in [3.05, 3.63) is 17.2 Å². The number of phenolic OH excluding ortho intramolecular Hbond substituents is 1. The normalized spacial score (nSPS) is 21.9. The van der Waals surface area contributed by atoms with E-state index in [1.54, 1.807) is 33.8 Å². The van der Waals surface area contributed by atoms with E-state index < -0.39 is 11.2 Å². The highest BCUT2D eigenvalue weighted by atomic mass is 16.5. The van der Waals surface area contributed by atoms with E-state index in [1.165, 1.54) is 0 Å². The third-order valence-electron chi connectivity index (χ3n) is 3.73. The van der Waals surface area contributed by atoms with Crippen LogP contribution in [0.1, 0.15) is 61.3 Å². The molecule has 0 saturated carbocycles. The van der Waals surface area contributed by atoms with E-state index in [1.807, 2.05) is 0 Å². The predicted molar refractivity (Wildman–Crippen MR) is 75.4 cm³/mol. The van der Waals surface area contributed by atoms with Crippen LogP contribution in [0.5, 0.6) is 17.2 Å². The third kappa shape index (κ3) is 2.17. The number of aromatic hydroxyl groups is 1. The minimum atomic E-state index is -0.640. The Morgan fingerprint density at radius 1 is 0.905 bits per heavy atom. The second kappa shape index (κ2) is 4.00. The number of hydrogen-bond donors (Lipinski definition) is 1. The zero-order chi connectivity index (χ0) is 15.6. The monoisotopic (exact) mass is 290 g/mol. The Labute approximate surface area is 122 Å².